The van der Waals surface area contributed by atoms with Gasteiger partial charge in [-0.2, -0.15) is 8.42 Å². The molecule has 0 aromatic carbocycles. The van der Waals surface area contributed by atoms with E-state index in [0.717, 1.165) is 0 Å². The summed E-state index contributed by atoms with van der Waals surface area (Å²) in [4.78, 5) is 8.56. The van der Waals surface area contributed by atoms with Crippen LogP contribution in [0.4, 0.5) is 4.79 Å². The Morgan fingerprint density at radius 1 is 1.18 bits per heavy atom. The van der Waals surface area contributed by atoms with Gasteiger partial charge in [-0.15, -0.1) is 0 Å². The first kappa shape index (κ1) is 22.6. The first-order chi connectivity index (χ1) is 3.73. The van der Waals surface area contributed by atoms with Gasteiger partial charge >= 0.3 is 54.3 Å². The van der Waals surface area contributed by atoms with Crippen molar-refractivity contribution in [3.05, 3.63) is 0 Å². The molecule has 4 radical (unpaired) electrons. The molecular formula is CH6CaO7SSi. The monoisotopic (exact) mass is 230 g/mol. The van der Waals surface area contributed by atoms with E-state index < -0.39 is 16.6 Å². The molecule has 0 atom stereocenters. The van der Waals surface area contributed by atoms with Crippen LogP contribution in [0.3, 0.4) is 0 Å². The van der Waals surface area contributed by atoms with E-state index in [4.69, 9.17) is 32.5 Å². The maximum absolute atomic E-state index is 8.74. The van der Waals surface area contributed by atoms with E-state index in [2.05, 4.69) is 0 Å². The third-order valence-electron chi connectivity index (χ3n) is 0. The number of hydrogen-bond donors (Lipinski definition) is 4. The summed E-state index contributed by atoms with van der Waals surface area (Å²) >= 11 is 0. The van der Waals surface area contributed by atoms with Gasteiger partial charge in [0.15, 0.2) is 0 Å². The molecule has 10 heteroatoms. The van der Waals surface area contributed by atoms with Crippen LogP contribution in [-0.4, -0.2) is 82.6 Å². The number of carboxylic acid groups (broad SMARTS) is 2. The third-order valence-corrected chi connectivity index (χ3v) is 0. The van der Waals surface area contributed by atoms with Crippen LogP contribution in [0.1, 0.15) is 2.85 Å². The second kappa shape index (κ2) is 10.6. The van der Waals surface area contributed by atoms with E-state index in [1.807, 2.05) is 0 Å². The maximum atomic E-state index is 8.74. The average molecular weight is 230 g/mol. The van der Waals surface area contributed by atoms with Gasteiger partial charge in [0.1, 0.15) is 0 Å². The molecule has 0 fully saturated rings. The fourth-order valence-corrected chi connectivity index (χ4v) is 0. The third kappa shape index (κ3) is 2070. The summed E-state index contributed by atoms with van der Waals surface area (Å²) in [5.74, 6) is 0. The van der Waals surface area contributed by atoms with Crippen molar-refractivity contribution in [1.29, 1.82) is 0 Å². The SMILES string of the molecule is O=C(O)O.O=S(=O)(O)O.[Ca+2].[H-].[H-].[Si]. The van der Waals surface area contributed by atoms with E-state index >= 15 is 0 Å². The Labute approximate surface area is 100.0 Å². The summed E-state index contributed by atoms with van der Waals surface area (Å²) in [5.41, 5.74) is 0. The standard InChI is InChI=1S/CH2O3.Ca.H2O4S.Si.2H/c2-1(3)4;;1-5(2,3)4;;;/h(H2,2,3,4);;(H2,1,2,3,4);;;/q;+2;;;2*-1. The smallest absolute Gasteiger partial charge is 1.00 e. The molecular weight excluding hydrogens is 224 g/mol. The fraction of sp³-hybridized carbons (Fsp3) is 0. The Kier molecular flexibility index (Phi) is 21.8. The molecule has 64 valence electrons. The van der Waals surface area contributed by atoms with Gasteiger partial charge in [-0.25, -0.2) is 4.79 Å². The van der Waals surface area contributed by atoms with Crippen molar-refractivity contribution >= 4 is 65.3 Å². The van der Waals surface area contributed by atoms with Gasteiger partial charge in [0.2, 0.25) is 0 Å². The Morgan fingerprint density at radius 3 is 1.18 bits per heavy atom. The van der Waals surface area contributed by atoms with Crippen LogP contribution in [0, 0.1) is 0 Å². The van der Waals surface area contributed by atoms with Gasteiger partial charge in [0, 0.05) is 11.0 Å². The van der Waals surface area contributed by atoms with Gasteiger partial charge in [0.05, 0.1) is 0 Å². The van der Waals surface area contributed by atoms with Crippen molar-refractivity contribution in [3.63, 3.8) is 0 Å². The molecule has 0 heterocycles. The summed E-state index contributed by atoms with van der Waals surface area (Å²) in [5, 5.41) is 13.9. The minimum absolute atomic E-state index is 0. The molecule has 0 amide bonds. The van der Waals surface area contributed by atoms with Crippen molar-refractivity contribution in [3.8, 4) is 0 Å². The summed E-state index contributed by atoms with van der Waals surface area (Å²) < 4.78 is 31.6. The predicted octanol–water partition coefficient (Wildman–Crippen LogP) is -0.967. The first-order valence-corrected chi connectivity index (χ1v) is 2.75. The summed E-state index contributed by atoms with van der Waals surface area (Å²) in [6.45, 7) is 0. The number of carbonyl (C=O) groups is 1. The van der Waals surface area contributed by atoms with Crippen LogP contribution >= 0.6 is 0 Å². The normalized spacial score (nSPS) is 7.45. The minimum atomic E-state index is -4.67. The van der Waals surface area contributed by atoms with Crippen LogP contribution in [0.25, 0.3) is 0 Å². The molecule has 0 aromatic heterocycles. The number of rotatable bonds is 0. The molecule has 0 saturated heterocycles. The van der Waals surface area contributed by atoms with Crippen molar-refractivity contribution < 1.29 is 35.4 Å². The van der Waals surface area contributed by atoms with Crippen LogP contribution in [0.5, 0.6) is 0 Å². The van der Waals surface area contributed by atoms with E-state index in [-0.39, 0.29) is 51.6 Å². The molecule has 0 aliphatic heterocycles. The first-order valence-electron chi connectivity index (χ1n) is 1.35. The van der Waals surface area contributed by atoms with Gasteiger partial charge in [-0.3, -0.25) is 9.11 Å². The second-order valence-electron chi connectivity index (χ2n) is 0.730. The van der Waals surface area contributed by atoms with Crippen LogP contribution < -0.4 is 0 Å². The largest absolute Gasteiger partial charge is 2.00 e. The van der Waals surface area contributed by atoms with E-state index in [1.54, 1.807) is 0 Å². The van der Waals surface area contributed by atoms with Crippen molar-refractivity contribution in [2.45, 2.75) is 0 Å². The molecule has 0 rings (SSSR count). The number of hydrogen-bond acceptors (Lipinski definition) is 3. The Hall–Kier alpha value is 0.617. The molecule has 7 nitrogen and oxygen atoms in total. The Morgan fingerprint density at radius 2 is 1.18 bits per heavy atom. The average Bonchev–Trinajstić information content (AvgIpc) is 1.19. The van der Waals surface area contributed by atoms with E-state index in [0.29, 0.717) is 0 Å². The summed E-state index contributed by atoms with van der Waals surface area (Å²) in [6, 6.07) is 0. The zero-order valence-corrected chi connectivity index (χ0v) is 9.15. The topological polar surface area (TPSA) is 132 Å². The van der Waals surface area contributed by atoms with Crippen LogP contribution in [-0.2, 0) is 10.4 Å². The molecule has 0 saturated carbocycles. The fourth-order valence-electron chi connectivity index (χ4n) is 0. The van der Waals surface area contributed by atoms with Gasteiger partial charge in [0.25, 0.3) is 0 Å². The molecule has 0 bridgehead atoms. The van der Waals surface area contributed by atoms with Crippen molar-refractivity contribution in [2.75, 3.05) is 0 Å². The Balaban J connectivity index is -0.0000000146. The van der Waals surface area contributed by atoms with Crippen LogP contribution in [0.2, 0.25) is 0 Å². The van der Waals surface area contributed by atoms with Crippen molar-refractivity contribution in [2.24, 2.45) is 0 Å². The zero-order chi connectivity index (χ0) is 8.08. The summed E-state index contributed by atoms with van der Waals surface area (Å²) in [6.07, 6.45) is -1.83. The molecule has 0 aromatic rings. The predicted molar refractivity (Wildman–Crippen MR) is 38.6 cm³/mol. The van der Waals surface area contributed by atoms with Gasteiger partial charge < -0.3 is 13.1 Å². The minimum Gasteiger partial charge on any atom is -1.00 e. The molecule has 0 spiro atoms. The zero-order valence-electron chi connectivity index (χ0n) is 7.13. The second-order valence-corrected chi connectivity index (χ2v) is 1.63. The Bertz CT molecular complexity index is 169. The molecule has 0 aliphatic rings. The van der Waals surface area contributed by atoms with E-state index in [1.165, 1.54) is 0 Å². The van der Waals surface area contributed by atoms with Gasteiger partial charge in [-0.05, 0) is 0 Å². The molecule has 0 unspecified atom stereocenters. The molecule has 0 aliphatic carbocycles. The van der Waals surface area contributed by atoms with E-state index in [9.17, 15) is 0 Å². The van der Waals surface area contributed by atoms with Crippen LogP contribution in [0.15, 0.2) is 0 Å². The quantitative estimate of drug-likeness (QED) is 0.311. The summed E-state index contributed by atoms with van der Waals surface area (Å²) in [7, 11) is -4.67. The maximum Gasteiger partial charge on any atom is 2.00 e. The van der Waals surface area contributed by atoms with Crippen molar-refractivity contribution in [1.82, 2.24) is 0 Å². The van der Waals surface area contributed by atoms with Gasteiger partial charge in [-0.1, -0.05) is 0 Å². The molecule has 11 heavy (non-hydrogen) atoms. The molecule has 4 N–H and O–H groups in total.